The van der Waals surface area contributed by atoms with Crippen molar-refractivity contribution in [2.45, 2.75) is 50.5 Å². The van der Waals surface area contributed by atoms with Crippen molar-refractivity contribution in [2.75, 3.05) is 21.3 Å². The van der Waals surface area contributed by atoms with Gasteiger partial charge in [-0.15, -0.1) is 0 Å². The minimum atomic E-state index is -0.872. The first-order valence-corrected chi connectivity index (χ1v) is 8.65. The zero-order valence-electron chi connectivity index (χ0n) is 15.2. The number of benzene rings is 1. The standard InChI is InChI=1S/C19H27NO5/c1-23-15-9-7-8-14(17(15)24-2)10-11-16(21)20-19(18(22)25-3)12-5-4-6-13-19/h7-9H,4-6,10-13H2,1-3H3,(H,20,21). The van der Waals surface area contributed by atoms with Crippen molar-refractivity contribution in [3.8, 4) is 11.5 Å². The van der Waals surface area contributed by atoms with Gasteiger partial charge < -0.3 is 19.5 Å². The van der Waals surface area contributed by atoms with Crippen molar-refractivity contribution in [1.82, 2.24) is 5.32 Å². The molecule has 1 aromatic rings. The lowest BCUT2D eigenvalue weighted by Crippen LogP contribution is -2.56. The van der Waals surface area contributed by atoms with Crippen LogP contribution in [0.4, 0.5) is 0 Å². The van der Waals surface area contributed by atoms with Gasteiger partial charge in [0.1, 0.15) is 5.54 Å². The molecule has 0 radical (unpaired) electrons. The number of rotatable bonds is 7. The topological polar surface area (TPSA) is 73.9 Å². The van der Waals surface area contributed by atoms with Crippen LogP contribution in [0, 0.1) is 0 Å². The van der Waals surface area contributed by atoms with Gasteiger partial charge in [0.25, 0.3) is 0 Å². The summed E-state index contributed by atoms with van der Waals surface area (Å²) in [6.07, 6.45) is 4.95. The fourth-order valence-corrected chi connectivity index (χ4v) is 3.46. The number of para-hydroxylation sites is 1. The zero-order chi connectivity index (χ0) is 18.3. The molecule has 0 aromatic heterocycles. The number of carbonyl (C=O) groups is 2. The van der Waals surface area contributed by atoms with Gasteiger partial charge >= 0.3 is 5.97 Å². The molecule has 0 heterocycles. The van der Waals surface area contributed by atoms with Gasteiger partial charge in [0.2, 0.25) is 5.91 Å². The van der Waals surface area contributed by atoms with E-state index >= 15 is 0 Å². The van der Waals surface area contributed by atoms with E-state index in [0.717, 1.165) is 24.8 Å². The minimum absolute atomic E-state index is 0.155. The van der Waals surface area contributed by atoms with Crippen LogP contribution in [0.3, 0.4) is 0 Å². The number of esters is 1. The summed E-state index contributed by atoms with van der Waals surface area (Å²) in [6.45, 7) is 0. The number of hydrogen-bond acceptors (Lipinski definition) is 5. The minimum Gasteiger partial charge on any atom is -0.493 e. The fourth-order valence-electron chi connectivity index (χ4n) is 3.46. The SMILES string of the molecule is COC(=O)C1(NC(=O)CCc2cccc(OC)c2OC)CCCCC1. The Morgan fingerprint density at radius 2 is 1.80 bits per heavy atom. The van der Waals surface area contributed by atoms with E-state index < -0.39 is 5.54 Å². The van der Waals surface area contributed by atoms with E-state index in [2.05, 4.69) is 5.32 Å². The Morgan fingerprint density at radius 3 is 2.40 bits per heavy atom. The molecule has 0 saturated heterocycles. The predicted octanol–water partition coefficient (Wildman–Crippen LogP) is 2.63. The summed E-state index contributed by atoms with van der Waals surface area (Å²) in [5, 5.41) is 2.93. The molecule has 138 valence electrons. The average molecular weight is 349 g/mol. The van der Waals surface area contributed by atoms with Gasteiger partial charge in [-0.05, 0) is 30.9 Å². The van der Waals surface area contributed by atoms with Gasteiger partial charge in [-0.1, -0.05) is 31.4 Å². The Balaban J connectivity index is 2.03. The first kappa shape index (κ1) is 19.1. The quantitative estimate of drug-likeness (QED) is 0.766. The number of carbonyl (C=O) groups excluding carboxylic acids is 2. The fraction of sp³-hybridized carbons (Fsp3) is 0.579. The number of amides is 1. The second-order valence-corrected chi connectivity index (χ2v) is 6.34. The predicted molar refractivity (Wildman–Crippen MR) is 93.8 cm³/mol. The molecule has 2 rings (SSSR count). The number of ether oxygens (including phenoxy) is 3. The highest BCUT2D eigenvalue weighted by molar-refractivity contribution is 5.88. The summed E-state index contributed by atoms with van der Waals surface area (Å²) in [4.78, 5) is 24.7. The summed E-state index contributed by atoms with van der Waals surface area (Å²) < 4.78 is 15.6. The number of hydrogen-bond donors (Lipinski definition) is 1. The van der Waals surface area contributed by atoms with Gasteiger partial charge in [0, 0.05) is 6.42 Å². The van der Waals surface area contributed by atoms with E-state index in [1.165, 1.54) is 7.11 Å². The van der Waals surface area contributed by atoms with Crippen molar-refractivity contribution in [1.29, 1.82) is 0 Å². The maximum Gasteiger partial charge on any atom is 0.331 e. The summed E-state index contributed by atoms with van der Waals surface area (Å²) in [6, 6.07) is 5.59. The van der Waals surface area contributed by atoms with Crippen LogP contribution in [0.5, 0.6) is 11.5 Å². The van der Waals surface area contributed by atoms with Crippen molar-refractivity contribution >= 4 is 11.9 Å². The number of aryl methyl sites for hydroxylation is 1. The number of methoxy groups -OCH3 is 3. The molecule has 0 atom stereocenters. The molecule has 25 heavy (non-hydrogen) atoms. The van der Waals surface area contributed by atoms with Crippen LogP contribution in [0.2, 0.25) is 0 Å². The normalized spacial score (nSPS) is 16.0. The number of nitrogens with one attached hydrogen (secondary N) is 1. The molecular formula is C19H27NO5. The first-order chi connectivity index (χ1) is 12.1. The molecule has 1 amide bonds. The van der Waals surface area contributed by atoms with Gasteiger partial charge in [-0.3, -0.25) is 4.79 Å². The van der Waals surface area contributed by atoms with Crippen LogP contribution in [-0.2, 0) is 20.7 Å². The summed E-state index contributed by atoms with van der Waals surface area (Å²) >= 11 is 0. The highest BCUT2D eigenvalue weighted by Gasteiger charge is 2.41. The third kappa shape index (κ3) is 4.44. The Bertz CT molecular complexity index is 608. The summed E-state index contributed by atoms with van der Waals surface area (Å²) in [5.41, 5.74) is 0.0236. The van der Waals surface area contributed by atoms with E-state index in [1.54, 1.807) is 14.2 Å². The molecule has 1 aliphatic carbocycles. The van der Waals surface area contributed by atoms with Crippen LogP contribution >= 0.6 is 0 Å². The molecule has 1 saturated carbocycles. The largest absolute Gasteiger partial charge is 0.493 e. The van der Waals surface area contributed by atoms with Crippen LogP contribution in [0.15, 0.2) is 18.2 Å². The lowest BCUT2D eigenvalue weighted by molar-refractivity contribution is -0.152. The average Bonchev–Trinajstić information content (AvgIpc) is 2.65. The Kier molecular flexibility index (Phi) is 6.67. The first-order valence-electron chi connectivity index (χ1n) is 8.65. The second-order valence-electron chi connectivity index (χ2n) is 6.34. The van der Waals surface area contributed by atoms with Crippen LogP contribution in [0.25, 0.3) is 0 Å². The smallest absolute Gasteiger partial charge is 0.331 e. The van der Waals surface area contributed by atoms with Crippen molar-refractivity contribution in [3.63, 3.8) is 0 Å². The maximum absolute atomic E-state index is 12.5. The molecular weight excluding hydrogens is 322 g/mol. The van der Waals surface area contributed by atoms with Crippen LogP contribution < -0.4 is 14.8 Å². The Morgan fingerprint density at radius 1 is 1.08 bits per heavy atom. The van der Waals surface area contributed by atoms with Crippen molar-refractivity contribution < 1.29 is 23.8 Å². The molecule has 6 heteroatoms. The van der Waals surface area contributed by atoms with E-state index in [0.29, 0.717) is 30.8 Å². The van der Waals surface area contributed by atoms with E-state index in [4.69, 9.17) is 14.2 Å². The van der Waals surface area contributed by atoms with E-state index in [-0.39, 0.29) is 18.3 Å². The summed E-state index contributed by atoms with van der Waals surface area (Å²) in [5.74, 6) is 0.772. The highest BCUT2D eigenvalue weighted by atomic mass is 16.5. The third-order valence-electron chi connectivity index (χ3n) is 4.77. The molecule has 1 aromatic carbocycles. The van der Waals surface area contributed by atoms with Gasteiger partial charge in [0.05, 0.1) is 21.3 Å². The Labute approximate surface area is 148 Å². The molecule has 0 unspecified atom stereocenters. The molecule has 1 aliphatic rings. The van der Waals surface area contributed by atoms with Crippen LogP contribution in [0.1, 0.15) is 44.1 Å². The Hall–Kier alpha value is -2.24. The molecule has 1 N–H and O–H groups in total. The second kappa shape index (κ2) is 8.74. The monoisotopic (exact) mass is 349 g/mol. The van der Waals surface area contributed by atoms with Gasteiger partial charge in [-0.25, -0.2) is 4.79 Å². The third-order valence-corrected chi connectivity index (χ3v) is 4.77. The van der Waals surface area contributed by atoms with Gasteiger partial charge in [0.15, 0.2) is 11.5 Å². The van der Waals surface area contributed by atoms with Gasteiger partial charge in [-0.2, -0.15) is 0 Å². The molecule has 1 fully saturated rings. The van der Waals surface area contributed by atoms with Crippen molar-refractivity contribution in [2.24, 2.45) is 0 Å². The molecule has 0 spiro atoms. The van der Waals surface area contributed by atoms with E-state index in [1.807, 2.05) is 18.2 Å². The molecule has 0 aliphatic heterocycles. The lowest BCUT2D eigenvalue weighted by Gasteiger charge is -2.35. The zero-order valence-corrected chi connectivity index (χ0v) is 15.2. The maximum atomic E-state index is 12.5. The molecule has 0 bridgehead atoms. The van der Waals surface area contributed by atoms with E-state index in [9.17, 15) is 9.59 Å². The van der Waals surface area contributed by atoms with Crippen LogP contribution in [-0.4, -0.2) is 38.7 Å². The van der Waals surface area contributed by atoms with Crippen molar-refractivity contribution in [3.05, 3.63) is 23.8 Å². The summed E-state index contributed by atoms with van der Waals surface area (Å²) in [7, 11) is 4.53. The molecule has 6 nitrogen and oxygen atoms in total. The highest BCUT2D eigenvalue weighted by Crippen LogP contribution is 2.32. The lowest BCUT2D eigenvalue weighted by atomic mass is 9.81.